The summed E-state index contributed by atoms with van der Waals surface area (Å²) in [6, 6.07) is 7.46. The summed E-state index contributed by atoms with van der Waals surface area (Å²) < 4.78 is 1.03. The molecule has 0 radical (unpaired) electrons. The van der Waals surface area contributed by atoms with Crippen molar-refractivity contribution in [2.45, 2.75) is 12.6 Å². The first-order valence-electron chi connectivity index (χ1n) is 5.36. The van der Waals surface area contributed by atoms with Crippen molar-refractivity contribution in [1.29, 1.82) is 0 Å². The van der Waals surface area contributed by atoms with Crippen LogP contribution in [0.25, 0.3) is 0 Å². The molecular formula is C12H17BrN2O2. The van der Waals surface area contributed by atoms with E-state index in [9.17, 15) is 4.79 Å². The molecule has 0 aliphatic carbocycles. The second kappa shape index (κ2) is 6.74. The summed E-state index contributed by atoms with van der Waals surface area (Å²) in [6.07, 6.45) is 0. The average Bonchev–Trinajstić information content (AvgIpc) is 2.25. The number of carboxylic acid groups (broad SMARTS) is 1. The maximum atomic E-state index is 10.9. The predicted octanol–water partition coefficient (Wildman–Crippen LogP) is 1.55. The molecule has 94 valence electrons. The lowest BCUT2D eigenvalue weighted by Crippen LogP contribution is -2.43. The first kappa shape index (κ1) is 14.2. The van der Waals surface area contributed by atoms with Gasteiger partial charge in [-0.3, -0.25) is 9.69 Å². The third kappa shape index (κ3) is 4.85. The molecule has 0 aliphatic heterocycles. The van der Waals surface area contributed by atoms with Crippen LogP contribution in [0.15, 0.2) is 28.7 Å². The van der Waals surface area contributed by atoms with Crippen LogP contribution < -0.4 is 5.32 Å². The van der Waals surface area contributed by atoms with Crippen LogP contribution in [-0.4, -0.2) is 42.7 Å². The molecule has 1 atom stereocenters. The Hall–Kier alpha value is -0.910. The number of carboxylic acids is 1. The summed E-state index contributed by atoms with van der Waals surface area (Å²) in [5.41, 5.74) is 1.15. The molecule has 1 aromatic carbocycles. The molecule has 1 unspecified atom stereocenters. The van der Waals surface area contributed by atoms with Crippen molar-refractivity contribution in [2.75, 3.05) is 20.6 Å². The fourth-order valence-corrected chi connectivity index (χ4v) is 2.06. The fraction of sp³-hybridized carbons (Fsp3) is 0.417. The minimum absolute atomic E-state index is 0.471. The molecule has 2 N–H and O–H groups in total. The third-order valence-corrected chi connectivity index (χ3v) is 2.98. The van der Waals surface area contributed by atoms with Gasteiger partial charge in [0.15, 0.2) is 0 Å². The largest absolute Gasteiger partial charge is 0.480 e. The highest BCUT2D eigenvalue weighted by Gasteiger charge is 2.16. The topological polar surface area (TPSA) is 52.6 Å². The number of halogens is 1. The van der Waals surface area contributed by atoms with Gasteiger partial charge < -0.3 is 10.4 Å². The Bertz CT molecular complexity index is 385. The molecule has 0 heterocycles. The Morgan fingerprint density at radius 2 is 2.29 bits per heavy atom. The summed E-state index contributed by atoms with van der Waals surface area (Å²) >= 11 is 3.41. The number of hydrogen-bond acceptors (Lipinski definition) is 3. The quantitative estimate of drug-likeness (QED) is 0.837. The molecule has 0 saturated heterocycles. The van der Waals surface area contributed by atoms with E-state index in [-0.39, 0.29) is 0 Å². The van der Waals surface area contributed by atoms with Crippen LogP contribution in [-0.2, 0) is 11.3 Å². The number of benzene rings is 1. The lowest BCUT2D eigenvalue weighted by molar-refractivity contribution is -0.139. The number of carbonyl (C=O) groups is 1. The first-order chi connectivity index (χ1) is 8.02. The summed E-state index contributed by atoms with van der Waals surface area (Å²) in [4.78, 5) is 12.9. The number of aliphatic carboxylic acids is 1. The van der Waals surface area contributed by atoms with Gasteiger partial charge in [0, 0.05) is 17.6 Å². The van der Waals surface area contributed by atoms with E-state index in [1.807, 2.05) is 36.2 Å². The lowest BCUT2D eigenvalue weighted by Gasteiger charge is -2.21. The second-order valence-corrected chi connectivity index (χ2v) is 4.92. The highest BCUT2D eigenvalue weighted by molar-refractivity contribution is 9.10. The predicted molar refractivity (Wildman–Crippen MR) is 71.0 cm³/mol. The van der Waals surface area contributed by atoms with Crippen LogP contribution in [0.2, 0.25) is 0 Å². The van der Waals surface area contributed by atoms with Gasteiger partial charge in [-0.25, -0.2) is 0 Å². The van der Waals surface area contributed by atoms with E-state index in [0.717, 1.165) is 16.6 Å². The smallest absolute Gasteiger partial charge is 0.322 e. The molecule has 5 heteroatoms. The van der Waals surface area contributed by atoms with Gasteiger partial charge in [0.1, 0.15) is 6.04 Å². The highest BCUT2D eigenvalue weighted by Crippen LogP contribution is 2.12. The Balaban J connectivity index is 2.54. The monoisotopic (exact) mass is 300 g/mol. The van der Waals surface area contributed by atoms with Crippen LogP contribution in [0, 0.1) is 0 Å². The minimum atomic E-state index is -0.825. The number of likely N-dealkylation sites (N-methyl/N-ethyl adjacent to an activating group) is 2. The second-order valence-electron chi connectivity index (χ2n) is 4.01. The van der Waals surface area contributed by atoms with E-state index >= 15 is 0 Å². The zero-order valence-electron chi connectivity index (χ0n) is 9.98. The van der Waals surface area contributed by atoms with Gasteiger partial charge in [0.2, 0.25) is 0 Å². The van der Waals surface area contributed by atoms with Crippen LogP contribution in [0.1, 0.15) is 5.56 Å². The molecule has 4 nitrogen and oxygen atoms in total. The molecule has 0 spiro atoms. The Morgan fingerprint density at radius 3 is 2.82 bits per heavy atom. The van der Waals surface area contributed by atoms with Crippen LogP contribution in [0.3, 0.4) is 0 Å². The van der Waals surface area contributed by atoms with Crippen molar-refractivity contribution in [3.05, 3.63) is 34.3 Å². The highest BCUT2D eigenvalue weighted by atomic mass is 79.9. The van der Waals surface area contributed by atoms with Crippen LogP contribution in [0.5, 0.6) is 0 Å². The number of hydrogen-bond donors (Lipinski definition) is 2. The van der Waals surface area contributed by atoms with E-state index < -0.39 is 12.0 Å². The maximum Gasteiger partial charge on any atom is 0.322 e. The van der Waals surface area contributed by atoms with Crippen molar-refractivity contribution in [3.63, 3.8) is 0 Å². The Labute approximate surface area is 110 Å². The standard InChI is InChI=1S/C12H17BrN2O2/c1-14-11(12(16)17)8-15(2)7-9-4-3-5-10(13)6-9/h3-6,11,14H,7-8H2,1-2H3,(H,16,17). The van der Waals surface area contributed by atoms with Crippen molar-refractivity contribution < 1.29 is 9.90 Å². The molecule has 1 aromatic rings. The summed E-state index contributed by atoms with van der Waals surface area (Å²) in [6.45, 7) is 1.20. The van der Waals surface area contributed by atoms with Gasteiger partial charge in [0.05, 0.1) is 0 Å². The number of nitrogens with zero attached hydrogens (tertiary/aromatic N) is 1. The molecular weight excluding hydrogens is 284 g/mol. The molecule has 1 rings (SSSR count). The van der Waals surface area contributed by atoms with E-state index in [2.05, 4.69) is 21.2 Å². The van der Waals surface area contributed by atoms with Crippen LogP contribution >= 0.6 is 15.9 Å². The normalized spacial score (nSPS) is 12.7. The van der Waals surface area contributed by atoms with Gasteiger partial charge in [-0.2, -0.15) is 0 Å². The zero-order chi connectivity index (χ0) is 12.8. The number of rotatable bonds is 6. The third-order valence-electron chi connectivity index (χ3n) is 2.48. The fourth-order valence-electron chi connectivity index (χ4n) is 1.62. The summed E-state index contributed by atoms with van der Waals surface area (Å²) in [5, 5.41) is 11.7. The molecule has 0 aromatic heterocycles. The van der Waals surface area contributed by atoms with Gasteiger partial charge in [-0.05, 0) is 31.8 Å². The molecule has 0 aliphatic rings. The molecule has 0 fully saturated rings. The first-order valence-corrected chi connectivity index (χ1v) is 6.15. The van der Waals surface area contributed by atoms with Gasteiger partial charge in [0.25, 0.3) is 0 Å². The van der Waals surface area contributed by atoms with Crippen molar-refractivity contribution >= 4 is 21.9 Å². The van der Waals surface area contributed by atoms with Gasteiger partial charge in [-0.1, -0.05) is 28.1 Å². The molecule has 0 amide bonds. The van der Waals surface area contributed by atoms with E-state index in [1.165, 1.54) is 0 Å². The average molecular weight is 301 g/mol. The Morgan fingerprint density at radius 1 is 1.59 bits per heavy atom. The van der Waals surface area contributed by atoms with Gasteiger partial charge >= 0.3 is 5.97 Å². The Kier molecular flexibility index (Phi) is 5.61. The lowest BCUT2D eigenvalue weighted by atomic mass is 10.2. The molecule has 0 bridgehead atoms. The van der Waals surface area contributed by atoms with Crippen molar-refractivity contribution in [2.24, 2.45) is 0 Å². The minimum Gasteiger partial charge on any atom is -0.480 e. The SMILES string of the molecule is CNC(CN(C)Cc1cccc(Br)c1)C(=O)O. The molecule has 0 saturated carbocycles. The maximum absolute atomic E-state index is 10.9. The van der Waals surface area contributed by atoms with Crippen molar-refractivity contribution in [1.82, 2.24) is 10.2 Å². The zero-order valence-corrected chi connectivity index (χ0v) is 11.6. The molecule has 17 heavy (non-hydrogen) atoms. The summed E-state index contributed by atoms with van der Waals surface area (Å²) in [5.74, 6) is -0.825. The van der Waals surface area contributed by atoms with Crippen molar-refractivity contribution in [3.8, 4) is 0 Å². The summed E-state index contributed by atoms with van der Waals surface area (Å²) in [7, 11) is 3.57. The van der Waals surface area contributed by atoms with Gasteiger partial charge in [-0.15, -0.1) is 0 Å². The number of nitrogens with one attached hydrogen (secondary N) is 1. The van der Waals surface area contributed by atoms with Crippen LogP contribution in [0.4, 0.5) is 0 Å². The van der Waals surface area contributed by atoms with E-state index in [1.54, 1.807) is 7.05 Å². The van der Waals surface area contributed by atoms with E-state index in [0.29, 0.717) is 6.54 Å². The van der Waals surface area contributed by atoms with E-state index in [4.69, 9.17) is 5.11 Å².